The molecule has 0 aromatic heterocycles. The lowest BCUT2D eigenvalue weighted by molar-refractivity contribution is -0.115. The number of piperidine rings is 1. The van der Waals surface area contributed by atoms with Gasteiger partial charge in [-0.05, 0) is 31.3 Å². The zero-order chi connectivity index (χ0) is 11.5. The standard InChI is InChI=1S/C13H25NO/c1-5-13(4)6-8-14(9-7-13)10-12(2,3)11-15/h11H,5-10H2,1-4H3. The molecule has 0 spiro atoms. The maximum Gasteiger partial charge on any atom is 0.126 e. The Hall–Kier alpha value is -0.370. The Morgan fingerprint density at radius 1 is 1.33 bits per heavy atom. The Labute approximate surface area is 94.0 Å². The van der Waals surface area contributed by atoms with Gasteiger partial charge in [0.1, 0.15) is 6.29 Å². The van der Waals surface area contributed by atoms with Gasteiger partial charge >= 0.3 is 0 Å². The van der Waals surface area contributed by atoms with Gasteiger partial charge in [-0.3, -0.25) is 0 Å². The predicted molar refractivity (Wildman–Crippen MR) is 63.9 cm³/mol. The quantitative estimate of drug-likeness (QED) is 0.666. The summed E-state index contributed by atoms with van der Waals surface area (Å²) in [5.74, 6) is 0. The van der Waals surface area contributed by atoms with Crippen LogP contribution >= 0.6 is 0 Å². The fourth-order valence-electron chi connectivity index (χ4n) is 2.22. The summed E-state index contributed by atoms with van der Waals surface area (Å²) in [4.78, 5) is 13.3. The van der Waals surface area contributed by atoms with Crippen LogP contribution in [0.15, 0.2) is 0 Å². The Bertz CT molecular complexity index is 215. The minimum absolute atomic E-state index is 0.181. The Balaban J connectivity index is 2.41. The average Bonchev–Trinajstić information content (AvgIpc) is 2.22. The molecule has 1 aliphatic rings. The molecule has 2 nitrogen and oxygen atoms in total. The summed E-state index contributed by atoms with van der Waals surface area (Å²) in [6.45, 7) is 11.9. The maximum atomic E-state index is 10.9. The third-order valence-electron chi connectivity index (χ3n) is 3.87. The normalized spacial score (nSPS) is 22.7. The van der Waals surface area contributed by atoms with Crippen molar-refractivity contribution in [1.82, 2.24) is 4.90 Å². The number of hydrogen-bond acceptors (Lipinski definition) is 2. The molecule has 0 bridgehead atoms. The van der Waals surface area contributed by atoms with Crippen molar-refractivity contribution in [2.45, 2.75) is 47.0 Å². The molecule has 0 unspecified atom stereocenters. The molecule has 0 atom stereocenters. The molecule has 0 radical (unpaired) electrons. The molecular formula is C13H25NO. The predicted octanol–water partition coefficient (Wildman–Crippen LogP) is 2.72. The van der Waals surface area contributed by atoms with Crippen LogP contribution in [-0.4, -0.2) is 30.8 Å². The van der Waals surface area contributed by atoms with Gasteiger partial charge in [0.25, 0.3) is 0 Å². The molecule has 0 aromatic carbocycles. The highest BCUT2D eigenvalue weighted by molar-refractivity contribution is 5.58. The molecule has 1 saturated heterocycles. The summed E-state index contributed by atoms with van der Waals surface area (Å²) in [6.07, 6.45) is 4.91. The van der Waals surface area contributed by atoms with Crippen LogP contribution in [0.3, 0.4) is 0 Å². The summed E-state index contributed by atoms with van der Waals surface area (Å²) >= 11 is 0. The largest absolute Gasteiger partial charge is 0.303 e. The van der Waals surface area contributed by atoms with E-state index in [0.29, 0.717) is 5.41 Å². The first-order valence-corrected chi connectivity index (χ1v) is 6.09. The Kier molecular flexibility index (Phi) is 3.93. The van der Waals surface area contributed by atoms with Crippen LogP contribution in [0, 0.1) is 10.8 Å². The number of carbonyl (C=O) groups is 1. The van der Waals surface area contributed by atoms with E-state index >= 15 is 0 Å². The number of likely N-dealkylation sites (tertiary alicyclic amines) is 1. The summed E-state index contributed by atoms with van der Waals surface area (Å²) < 4.78 is 0. The van der Waals surface area contributed by atoms with Gasteiger partial charge in [-0.15, -0.1) is 0 Å². The molecular weight excluding hydrogens is 186 g/mol. The molecule has 1 aliphatic heterocycles. The molecule has 2 heteroatoms. The topological polar surface area (TPSA) is 20.3 Å². The third kappa shape index (κ3) is 3.60. The highest BCUT2D eigenvalue weighted by atomic mass is 16.1. The van der Waals surface area contributed by atoms with Gasteiger partial charge in [0.15, 0.2) is 0 Å². The highest BCUT2D eigenvalue weighted by Gasteiger charge is 2.30. The second-order valence-electron chi connectivity index (χ2n) is 6.05. The monoisotopic (exact) mass is 211 g/mol. The highest BCUT2D eigenvalue weighted by Crippen LogP contribution is 2.34. The van der Waals surface area contributed by atoms with Gasteiger partial charge in [-0.2, -0.15) is 0 Å². The van der Waals surface area contributed by atoms with E-state index in [1.54, 1.807) is 0 Å². The van der Waals surface area contributed by atoms with E-state index in [1.165, 1.54) is 19.3 Å². The molecule has 1 heterocycles. The molecule has 0 saturated carbocycles. The van der Waals surface area contributed by atoms with E-state index in [-0.39, 0.29) is 5.41 Å². The summed E-state index contributed by atoms with van der Waals surface area (Å²) in [5, 5.41) is 0. The van der Waals surface area contributed by atoms with Gasteiger partial charge < -0.3 is 9.69 Å². The molecule has 0 N–H and O–H groups in total. The third-order valence-corrected chi connectivity index (χ3v) is 3.87. The number of nitrogens with zero attached hydrogens (tertiary/aromatic N) is 1. The van der Waals surface area contributed by atoms with Crippen LogP contribution in [-0.2, 0) is 4.79 Å². The molecule has 0 aromatic rings. The van der Waals surface area contributed by atoms with Crippen molar-refractivity contribution >= 4 is 6.29 Å². The average molecular weight is 211 g/mol. The van der Waals surface area contributed by atoms with E-state index in [2.05, 4.69) is 18.7 Å². The molecule has 0 amide bonds. The fraction of sp³-hybridized carbons (Fsp3) is 0.923. The first kappa shape index (κ1) is 12.7. The minimum atomic E-state index is -0.181. The Morgan fingerprint density at radius 2 is 1.87 bits per heavy atom. The van der Waals surface area contributed by atoms with Crippen molar-refractivity contribution in [3.8, 4) is 0 Å². The van der Waals surface area contributed by atoms with Crippen LogP contribution in [0.5, 0.6) is 0 Å². The molecule has 88 valence electrons. The van der Waals surface area contributed by atoms with Crippen LogP contribution in [0.2, 0.25) is 0 Å². The van der Waals surface area contributed by atoms with E-state index in [4.69, 9.17) is 0 Å². The number of aldehydes is 1. The van der Waals surface area contributed by atoms with Gasteiger partial charge in [-0.25, -0.2) is 0 Å². The van der Waals surface area contributed by atoms with Crippen LogP contribution in [0.4, 0.5) is 0 Å². The first-order valence-electron chi connectivity index (χ1n) is 6.09. The van der Waals surface area contributed by atoms with Crippen LogP contribution < -0.4 is 0 Å². The zero-order valence-corrected chi connectivity index (χ0v) is 10.7. The number of carbonyl (C=O) groups excluding carboxylic acids is 1. The van der Waals surface area contributed by atoms with Gasteiger partial charge in [0.2, 0.25) is 0 Å². The molecule has 1 fully saturated rings. The van der Waals surface area contributed by atoms with Crippen molar-refractivity contribution in [2.75, 3.05) is 19.6 Å². The lowest BCUT2D eigenvalue weighted by Gasteiger charge is -2.40. The van der Waals surface area contributed by atoms with Crippen molar-refractivity contribution in [2.24, 2.45) is 10.8 Å². The van der Waals surface area contributed by atoms with E-state index in [0.717, 1.165) is 25.9 Å². The minimum Gasteiger partial charge on any atom is -0.303 e. The summed E-state index contributed by atoms with van der Waals surface area (Å²) in [5.41, 5.74) is 0.363. The van der Waals surface area contributed by atoms with Crippen molar-refractivity contribution in [3.63, 3.8) is 0 Å². The first-order chi connectivity index (χ1) is 6.91. The number of rotatable bonds is 4. The fourth-order valence-corrected chi connectivity index (χ4v) is 2.22. The lowest BCUT2D eigenvalue weighted by Crippen LogP contribution is -2.43. The molecule has 0 aliphatic carbocycles. The van der Waals surface area contributed by atoms with Crippen molar-refractivity contribution < 1.29 is 4.79 Å². The zero-order valence-electron chi connectivity index (χ0n) is 10.7. The van der Waals surface area contributed by atoms with Gasteiger partial charge in [-0.1, -0.05) is 34.1 Å². The number of hydrogen-bond donors (Lipinski definition) is 0. The second-order valence-corrected chi connectivity index (χ2v) is 6.05. The maximum absolute atomic E-state index is 10.9. The molecule has 15 heavy (non-hydrogen) atoms. The van der Waals surface area contributed by atoms with E-state index < -0.39 is 0 Å². The van der Waals surface area contributed by atoms with Crippen molar-refractivity contribution in [3.05, 3.63) is 0 Å². The Morgan fingerprint density at radius 3 is 2.27 bits per heavy atom. The van der Waals surface area contributed by atoms with Crippen LogP contribution in [0.1, 0.15) is 47.0 Å². The van der Waals surface area contributed by atoms with Gasteiger partial charge in [0, 0.05) is 12.0 Å². The summed E-state index contributed by atoms with van der Waals surface area (Å²) in [6, 6.07) is 0. The van der Waals surface area contributed by atoms with E-state index in [9.17, 15) is 4.79 Å². The smallest absolute Gasteiger partial charge is 0.126 e. The van der Waals surface area contributed by atoms with Crippen molar-refractivity contribution in [1.29, 1.82) is 0 Å². The second kappa shape index (κ2) is 4.65. The molecule has 1 rings (SSSR count). The van der Waals surface area contributed by atoms with Crippen LogP contribution in [0.25, 0.3) is 0 Å². The van der Waals surface area contributed by atoms with E-state index in [1.807, 2.05) is 13.8 Å². The summed E-state index contributed by atoms with van der Waals surface area (Å²) in [7, 11) is 0. The SMILES string of the molecule is CCC1(C)CCN(CC(C)(C)C=O)CC1. The lowest BCUT2D eigenvalue weighted by atomic mass is 9.78. The van der Waals surface area contributed by atoms with Gasteiger partial charge in [0.05, 0.1) is 0 Å².